The van der Waals surface area contributed by atoms with Crippen molar-refractivity contribution in [3.63, 3.8) is 0 Å². The van der Waals surface area contributed by atoms with Crippen LogP contribution in [0.5, 0.6) is 0 Å². The van der Waals surface area contributed by atoms with E-state index in [0.717, 1.165) is 12.8 Å². The van der Waals surface area contributed by atoms with Gasteiger partial charge in [0.1, 0.15) is 10.3 Å². The number of amides is 1. The van der Waals surface area contributed by atoms with Crippen molar-refractivity contribution >= 4 is 72.6 Å². The zero-order valence-electron chi connectivity index (χ0n) is 16.5. The highest BCUT2D eigenvalue weighted by atomic mass is 79.9. The van der Waals surface area contributed by atoms with E-state index in [1.165, 1.54) is 22.7 Å². The summed E-state index contributed by atoms with van der Waals surface area (Å²) in [5.41, 5.74) is 3.29. The number of benzene rings is 1. The zero-order chi connectivity index (χ0) is 23.0. The maximum Gasteiger partial charge on any atom is 0.359 e. The van der Waals surface area contributed by atoms with E-state index in [9.17, 15) is 9.59 Å². The predicted octanol–water partition coefficient (Wildman–Crippen LogP) is 5.20. The molecule has 0 atom stereocenters. The highest BCUT2D eigenvalue weighted by Gasteiger charge is 2.29. The third-order valence-corrected chi connectivity index (χ3v) is 6.13. The Labute approximate surface area is 210 Å². The average molecular weight is 604 g/mol. The molecular weight excluding hydrogens is 589 g/mol. The highest BCUT2D eigenvalue weighted by molar-refractivity contribution is 9.10. The Morgan fingerprint density at radius 2 is 2.00 bits per heavy atom. The molecule has 1 N–H and O–H groups in total. The van der Waals surface area contributed by atoms with Gasteiger partial charge >= 0.3 is 5.97 Å². The van der Waals surface area contributed by atoms with Gasteiger partial charge in [0.25, 0.3) is 5.91 Å². The standard InChI is InChI=1S/C20H15Br2Cl2N5O3/c1-28(17-12(7-10(23)8-13(17)21)20(31)32-27-11-4-5-11)19(30)15-9-16(22)26-29(15)18-14(24)3-2-6-25-18/h2-3,6-9,11,27H,4-5H2,1H3. The summed E-state index contributed by atoms with van der Waals surface area (Å²) in [5.74, 6) is -0.825. The van der Waals surface area contributed by atoms with E-state index < -0.39 is 11.9 Å². The molecule has 0 aliphatic heterocycles. The first-order valence-corrected chi connectivity index (χ1v) is 11.7. The van der Waals surface area contributed by atoms with E-state index >= 15 is 0 Å². The van der Waals surface area contributed by atoms with Gasteiger partial charge < -0.3 is 9.74 Å². The Kier molecular flexibility index (Phi) is 6.87. The number of pyridine rings is 1. The summed E-state index contributed by atoms with van der Waals surface area (Å²) in [4.78, 5) is 37.0. The van der Waals surface area contributed by atoms with Crippen molar-refractivity contribution in [2.24, 2.45) is 0 Å². The zero-order valence-corrected chi connectivity index (χ0v) is 21.2. The number of nitrogens with one attached hydrogen (secondary N) is 1. The molecule has 1 saturated carbocycles. The van der Waals surface area contributed by atoms with Crippen molar-refractivity contribution in [3.05, 3.63) is 66.9 Å². The summed E-state index contributed by atoms with van der Waals surface area (Å²) < 4.78 is 2.20. The van der Waals surface area contributed by atoms with Gasteiger partial charge in [0.2, 0.25) is 0 Å². The smallest absolute Gasteiger partial charge is 0.359 e. The minimum absolute atomic E-state index is 0.120. The number of halogens is 4. The summed E-state index contributed by atoms with van der Waals surface area (Å²) in [6, 6.07) is 8.06. The monoisotopic (exact) mass is 601 g/mol. The summed E-state index contributed by atoms with van der Waals surface area (Å²) in [5, 5.41) is 4.93. The molecule has 1 aliphatic rings. The number of aromatic nitrogens is 3. The lowest BCUT2D eigenvalue weighted by Gasteiger charge is -2.22. The number of rotatable bonds is 6. The number of carbonyl (C=O) groups excluding carboxylic acids is 2. The van der Waals surface area contributed by atoms with Crippen LogP contribution in [-0.4, -0.2) is 39.7 Å². The lowest BCUT2D eigenvalue weighted by Crippen LogP contribution is -2.31. The van der Waals surface area contributed by atoms with Gasteiger partial charge in [-0.25, -0.2) is 14.5 Å². The Morgan fingerprint density at radius 3 is 2.69 bits per heavy atom. The van der Waals surface area contributed by atoms with Crippen molar-refractivity contribution in [2.45, 2.75) is 18.9 Å². The molecule has 4 rings (SSSR count). The van der Waals surface area contributed by atoms with Crippen LogP contribution in [0.3, 0.4) is 0 Å². The summed E-state index contributed by atoms with van der Waals surface area (Å²) in [6.07, 6.45) is 3.42. The van der Waals surface area contributed by atoms with Gasteiger partial charge in [-0.05, 0) is 69.0 Å². The number of nitrogens with zero attached hydrogens (tertiary/aromatic N) is 4. The van der Waals surface area contributed by atoms with Gasteiger partial charge in [0, 0.05) is 34.8 Å². The van der Waals surface area contributed by atoms with E-state index in [2.05, 4.69) is 47.4 Å². The lowest BCUT2D eigenvalue weighted by atomic mass is 10.1. The Morgan fingerprint density at radius 1 is 1.25 bits per heavy atom. The Hall–Kier alpha value is -1.98. The first-order chi connectivity index (χ1) is 15.3. The summed E-state index contributed by atoms with van der Waals surface area (Å²) in [7, 11) is 1.53. The van der Waals surface area contributed by atoms with Crippen molar-refractivity contribution in [3.8, 4) is 5.82 Å². The fourth-order valence-corrected chi connectivity index (χ4v) is 4.58. The van der Waals surface area contributed by atoms with Crippen LogP contribution in [0.4, 0.5) is 5.69 Å². The first kappa shape index (κ1) is 23.2. The number of hydrogen-bond donors (Lipinski definition) is 1. The van der Waals surface area contributed by atoms with E-state index in [0.29, 0.717) is 24.9 Å². The molecule has 0 unspecified atom stereocenters. The molecule has 1 amide bonds. The molecule has 0 bridgehead atoms. The van der Waals surface area contributed by atoms with Crippen LogP contribution in [0.15, 0.2) is 45.6 Å². The molecule has 2 aromatic heterocycles. The van der Waals surface area contributed by atoms with Crippen LogP contribution >= 0.6 is 55.1 Å². The van der Waals surface area contributed by atoms with Crippen molar-refractivity contribution in [1.82, 2.24) is 20.2 Å². The van der Waals surface area contributed by atoms with Gasteiger partial charge in [-0.2, -0.15) is 5.10 Å². The van der Waals surface area contributed by atoms with E-state index in [1.807, 2.05) is 0 Å². The molecule has 8 nitrogen and oxygen atoms in total. The van der Waals surface area contributed by atoms with Crippen LogP contribution in [0.1, 0.15) is 33.7 Å². The van der Waals surface area contributed by atoms with Crippen LogP contribution in [0.25, 0.3) is 5.82 Å². The van der Waals surface area contributed by atoms with Gasteiger partial charge in [0.15, 0.2) is 5.82 Å². The van der Waals surface area contributed by atoms with Crippen LogP contribution in [-0.2, 0) is 4.84 Å². The molecule has 1 aliphatic carbocycles. The molecule has 0 radical (unpaired) electrons. The highest BCUT2D eigenvalue weighted by Crippen LogP contribution is 2.35. The number of hydroxylamine groups is 1. The van der Waals surface area contributed by atoms with E-state index in [1.54, 1.807) is 30.5 Å². The largest absolute Gasteiger partial charge is 0.366 e. The summed E-state index contributed by atoms with van der Waals surface area (Å²) >= 11 is 19.1. The second-order valence-corrected chi connectivity index (χ2v) is 9.51. The van der Waals surface area contributed by atoms with Crippen LogP contribution in [0.2, 0.25) is 10.0 Å². The molecule has 1 fully saturated rings. The van der Waals surface area contributed by atoms with Gasteiger partial charge in [-0.1, -0.05) is 23.2 Å². The quantitative estimate of drug-likeness (QED) is 0.390. The third-order valence-electron chi connectivity index (χ3n) is 4.62. The predicted molar refractivity (Wildman–Crippen MR) is 128 cm³/mol. The minimum atomic E-state index is -0.655. The molecule has 166 valence electrons. The average Bonchev–Trinajstić information content (AvgIpc) is 3.50. The summed E-state index contributed by atoms with van der Waals surface area (Å²) in [6.45, 7) is 0. The third kappa shape index (κ3) is 4.84. The normalized spacial score (nSPS) is 13.2. The number of hydrogen-bond acceptors (Lipinski definition) is 6. The SMILES string of the molecule is CN(C(=O)c1cc(Br)nn1-c1ncccc1Cl)c1c(Br)cc(Cl)cc1C(=O)ONC1CC1. The number of carbonyl (C=O) groups is 2. The van der Waals surface area contributed by atoms with Crippen molar-refractivity contribution < 1.29 is 14.4 Å². The molecule has 1 aromatic carbocycles. The second kappa shape index (κ2) is 9.48. The molecule has 3 aromatic rings. The maximum atomic E-state index is 13.5. The maximum absolute atomic E-state index is 13.5. The molecule has 0 spiro atoms. The molecule has 0 saturated heterocycles. The molecule has 2 heterocycles. The second-order valence-electron chi connectivity index (χ2n) is 7.00. The fourth-order valence-electron chi connectivity index (χ4n) is 2.93. The van der Waals surface area contributed by atoms with Gasteiger partial charge in [0.05, 0.1) is 16.3 Å². The fraction of sp³-hybridized carbons (Fsp3) is 0.200. The minimum Gasteiger partial charge on any atom is -0.366 e. The van der Waals surface area contributed by atoms with Crippen molar-refractivity contribution in [2.75, 3.05) is 11.9 Å². The van der Waals surface area contributed by atoms with Gasteiger partial charge in [-0.3, -0.25) is 4.79 Å². The molecule has 12 heteroatoms. The Bertz CT molecular complexity index is 1220. The molecular formula is C20H15Br2Cl2N5O3. The number of anilines is 1. The molecule has 32 heavy (non-hydrogen) atoms. The van der Waals surface area contributed by atoms with Crippen molar-refractivity contribution in [1.29, 1.82) is 0 Å². The van der Waals surface area contributed by atoms with E-state index in [-0.39, 0.29) is 23.0 Å². The lowest BCUT2D eigenvalue weighted by molar-refractivity contribution is 0.0236. The van der Waals surface area contributed by atoms with Crippen LogP contribution in [0, 0.1) is 0 Å². The Balaban J connectivity index is 1.73. The van der Waals surface area contributed by atoms with Crippen LogP contribution < -0.4 is 10.4 Å². The first-order valence-electron chi connectivity index (χ1n) is 9.36. The topological polar surface area (TPSA) is 89.4 Å². The van der Waals surface area contributed by atoms with Gasteiger partial charge in [-0.15, -0.1) is 5.48 Å². The van der Waals surface area contributed by atoms with E-state index in [4.69, 9.17) is 28.0 Å².